The van der Waals surface area contributed by atoms with Crippen LogP contribution in [0.25, 0.3) is 11.0 Å². The minimum Gasteiger partial charge on any atom is -0.283 e. The zero-order valence-corrected chi connectivity index (χ0v) is 5.48. The smallest absolute Gasteiger partial charge is 0.283 e. The fraction of sp³-hybridized carbons (Fsp3) is 0. The van der Waals surface area contributed by atoms with Crippen molar-refractivity contribution < 1.29 is 0 Å². The minimum absolute atomic E-state index is 0.273. The van der Waals surface area contributed by atoms with Crippen molar-refractivity contribution in [2.45, 2.75) is 0 Å². The van der Waals surface area contributed by atoms with E-state index < -0.39 is 0 Å². The summed E-state index contributed by atoms with van der Waals surface area (Å²) in [7, 11) is 0. The van der Waals surface area contributed by atoms with E-state index in [1.807, 2.05) is 0 Å². The van der Waals surface area contributed by atoms with Crippen LogP contribution in [0.5, 0.6) is 0 Å². The summed E-state index contributed by atoms with van der Waals surface area (Å²) in [6.07, 6.45) is 4.36. The molecule has 54 valence electrons. The first-order valence-corrected chi connectivity index (χ1v) is 3.03. The molecule has 0 aliphatic rings. The van der Waals surface area contributed by atoms with Gasteiger partial charge in [-0.2, -0.15) is 5.10 Å². The first-order valence-electron chi connectivity index (χ1n) is 3.03. The molecule has 2 heterocycles. The Labute approximate surface area is 61.1 Å². The number of hydrogen-bond donors (Lipinski definition) is 1. The van der Waals surface area contributed by atoms with Gasteiger partial charge in [-0.25, -0.2) is 4.98 Å². The van der Waals surface area contributed by atoms with Crippen LogP contribution < -0.4 is 5.56 Å². The molecule has 0 aliphatic carbocycles. The van der Waals surface area contributed by atoms with E-state index in [1.54, 1.807) is 6.20 Å². The third kappa shape index (κ3) is 0.861. The number of H-pyrrole nitrogens is 1. The maximum Gasteiger partial charge on any atom is 0.299 e. The largest absolute Gasteiger partial charge is 0.299 e. The molecule has 1 N–H and O–H groups in total. The summed E-state index contributed by atoms with van der Waals surface area (Å²) in [4.78, 5) is 18.5. The van der Waals surface area contributed by atoms with E-state index in [2.05, 4.69) is 20.2 Å². The molecule has 0 amide bonds. The topological polar surface area (TPSA) is 71.5 Å². The first-order chi connectivity index (χ1) is 5.38. The molecule has 0 saturated heterocycles. The van der Waals surface area contributed by atoms with E-state index in [1.165, 1.54) is 12.4 Å². The lowest BCUT2D eigenvalue weighted by atomic mass is 10.5. The number of aromatic nitrogens is 4. The van der Waals surface area contributed by atoms with Crippen LogP contribution >= 0.6 is 0 Å². The molecular formula is C6H4N4O. The Morgan fingerprint density at radius 3 is 3.00 bits per heavy atom. The van der Waals surface area contributed by atoms with E-state index in [-0.39, 0.29) is 11.1 Å². The average molecular weight is 148 g/mol. The maximum atomic E-state index is 11.0. The Morgan fingerprint density at radius 1 is 1.27 bits per heavy atom. The predicted molar refractivity (Wildman–Crippen MR) is 38.0 cm³/mol. The molecule has 2 rings (SSSR count). The van der Waals surface area contributed by atoms with Gasteiger partial charge in [0.1, 0.15) is 5.52 Å². The second kappa shape index (κ2) is 2.12. The summed E-state index contributed by atoms with van der Waals surface area (Å²) < 4.78 is 0. The van der Waals surface area contributed by atoms with E-state index in [0.717, 1.165) is 0 Å². The quantitative estimate of drug-likeness (QED) is 0.557. The molecule has 0 radical (unpaired) electrons. The number of fused-ring (bicyclic) bond motifs is 1. The SMILES string of the molecule is O=c1nccnc2c[nH]nc12. The van der Waals surface area contributed by atoms with Crippen molar-refractivity contribution in [1.82, 2.24) is 20.2 Å². The van der Waals surface area contributed by atoms with Crippen molar-refractivity contribution in [3.63, 3.8) is 0 Å². The average Bonchev–Trinajstić information content (AvgIpc) is 2.40. The minimum atomic E-state index is -0.362. The molecule has 2 aromatic heterocycles. The molecule has 0 aromatic carbocycles. The van der Waals surface area contributed by atoms with E-state index in [9.17, 15) is 4.79 Å². The lowest BCUT2D eigenvalue weighted by Crippen LogP contribution is -2.00. The Balaban J connectivity index is 3.09. The van der Waals surface area contributed by atoms with Crippen LogP contribution in [0.2, 0.25) is 0 Å². The molecule has 0 unspecified atom stereocenters. The Hall–Kier alpha value is -1.78. The summed E-state index contributed by atoms with van der Waals surface area (Å²) in [5.41, 5.74) is 0.446. The molecule has 0 spiro atoms. The third-order valence-corrected chi connectivity index (χ3v) is 1.29. The number of nitrogens with one attached hydrogen (secondary N) is 1. The highest BCUT2D eigenvalue weighted by Gasteiger charge is 1.97. The van der Waals surface area contributed by atoms with E-state index >= 15 is 0 Å². The Morgan fingerprint density at radius 2 is 2.09 bits per heavy atom. The van der Waals surface area contributed by atoms with E-state index in [4.69, 9.17) is 0 Å². The van der Waals surface area contributed by atoms with Crippen molar-refractivity contribution in [1.29, 1.82) is 0 Å². The van der Waals surface area contributed by atoms with Gasteiger partial charge in [0.2, 0.25) is 0 Å². The number of rotatable bonds is 0. The fourth-order valence-corrected chi connectivity index (χ4v) is 0.815. The normalized spacial score (nSPS) is 10.2. The van der Waals surface area contributed by atoms with Crippen LogP contribution in [0.4, 0.5) is 0 Å². The van der Waals surface area contributed by atoms with Crippen molar-refractivity contribution >= 4 is 11.0 Å². The van der Waals surface area contributed by atoms with Gasteiger partial charge in [0.25, 0.3) is 5.56 Å². The van der Waals surface area contributed by atoms with Crippen LogP contribution in [-0.4, -0.2) is 20.2 Å². The zero-order valence-electron chi connectivity index (χ0n) is 5.48. The molecule has 0 atom stereocenters. The molecule has 5 nitrogen and oxygen atoms in total. The summed E-state index contributed by atoms with van der Waals surface area (Å²) >= 11 is 0. The van der Waals surface area contributed by atoms with Gasteiger partial charge in [-0.05, 0) is 0 Å². The number of hydrogen-bond acceptors (Lipinski definition) is 4. The predicted octanol–water partition coefficient (Wildman–Crippen LogP) is -0.287. The van der Waals surface area contributed by atoms with Crippen LogP contribution in [0.15, 0.2) is 23.4 Å². The van der Waals surface area contributed by atoms with Crippen LogP contribution in [0.1, 0.15) is 0 Å². The van der Waals surface area contributed by atoms with Gasteiger partial charge in [-0.15, -0.1) is 0 Å². The first kappa shape index (κ1) is 5.96. The summed E-state index contributed by atoms with van der Waals surface area (Å²) in [6.45, 7) is 0. The van der Waals surface area contributed by atoms with Crippen LogP contribution in [0.3, 0.4) is 0 Å². The number of nitrogens with zero attached hydrogens (tertiary/aromatic N) is 3. The third-order valence-electron chi connectivity index (χ3n) is 1.29. The molecular weight excluding hydrogens is 144 g/mol. The molecule has 0 aliphatic heterocycles. The van der Waals surface area contributed by atoms with Crippen molar-refractivity contribution in [2.75, 3.05) is 0 Å². The molecule has 0 bridgehead atoms. The van der Waals surface area contributed by atoms with Gasteiger partial charge in [0.05, 0.1) is 0 Å². The molecule has 5 heteroatoms. The molecule has 2 aromatic rings. The Bertz CT molecular complexity index is 436. The number of aromatic amines is 1. The zero-order chi connectivity index (χ0) is 7.68. The van der Waals surface area contributed by atoms with Crippen molar-refractivity contribution in [2.24, 2.45) is 0 Å². The van der Waals surface area contributed by atoms with Gasteiger partial charge in [-0.1, -0.05) is 0 Å². The van der Waals surface area contributed by atoms with Crippen LogP contribution in [-0.2, 0) is 0 Å². The molecule has 0 saturated carbocycles. The summed E-state index contributed by atoms with van der Waals surface area (Å²) in [5, 5.41) is 6.24. The second-order valence-electron chi connectivity index (χ2n) is 1.98. The Kier molecular flexibility index (Phi) is 1.15. The van der Waals surface area contributed by atoms with Gasteiger partial charge in [-0.3, -0.25) is 14.9 Å². The summed E-state index contributed by atoms with van der Waals surface area (Å²) in [6, 6.07) is 0. The highest BCUT2D eigenvalue weighted by Crippen LogP contribution is 1.95. The highest BCUT2D eigenvalue weighted by molar-refractivity contribution is 5.70. The second-order valence-corrected chi connectivity index (χ2v) is 1.98. The lowest BCUT2D eigenvalue weighted by Gasteiger charge is -1.68. The summed E-state index contributed by atoms with van der Waals surface area (Å²) in [5.74, 6) is 0. The van der Waals surface area contributed by atoms with Gasteiger partial charge in [0, 0.05) is 18.6 Å². The van der Waals surface area contributed by atoms with Crippen LogP contribution in [0, 0.1) is 0 Å². The van der Waals surface area contributed by atoms with Crippen molar-refractivity contribution in [3.8, 4) is 0 Å². The van der Waals surface area contributed by atoms with Crippen molar-refractivity contribution in [3.05, 3.63) is 28.9 Å². The van der Waals surface area contributed by atoms with Gasteiger partial charge in [0.15, 0.2) is 5.52 Å². The lowest BCUT2D eigenvalue weighted by molar-refractivity contribution is 1.10. The molecule has 11 heavy (non-hydrogen) atoms. The highest BCUT2D eigenvalue weighted by atomic mass is 16.1. The van der Waals surface area contributed by atoms with E-state index in [0.29, 0.717) is 5.52 Å². The maximum absolute atomic E-state index is 11.0. The van der Waals surface area contributed by atoms with Gasteiger partial charge < -0.3 is 0 Å². The standard InChI is InChI=1S/C6H4N4O/c11-6-5-4(3-9-10-5)7-1-2-8-6/h1-3H,(H,9,10). The monoisotopic (exact) mass is 148 g/mol. The van der Waals surface area contributed by atoms with Gasteiger partial charge >= 0.3 is 0 Å². The molecule has 0 fully saturated rings. The fourth-order valence-electron chi connectivity index (χ4n) is 0.815.